The van der Waals surface area contributed by atoms with Gasteiger partial charge in [-0.1, -0.05) is 18.2 Å². The lowest BCUT2D eigenvalue weighted by atomic mass is 9.99. The highest BCUT2D eigenvalue weighted by atomic mass is 32.2. The largest absolute Gasteiger partial charge is 0.300 e. The minimum atomic E-state index is -3.35. The molecule has 0 spiro atoms. The number of carbonyl (C=O) groups is 1. The topological polar surface area (TPSA) is 51.2 Å². The van der Waals surface area contributed by atoms with E-state index in [1.54, 1.807) is 25.1 Å². The zero-order valence-corrected chi connectivity index (χ0v) is 10.7. The van der Waals surface area contributed by atoms with Crippen LogP contribution in [0.15, 0.2) is 29.2 Å². The van der Waals surface area contributed by atoms with Gasteiger partial charge in [-0.2, -0.15) is 0 Å². The molecule has 1 aliphatic rings. The average Bonchev–Trinajstić information content (AvgIpc) is 2.29. The molecule has 4 heteroatoms. The van der Waals surface area contributed by atoms with Gasteiger partial charge in [0.25, 0.3) is 0 Å². The van der Waals surface area contributed by atoms with E-state index in [0.29, 0.717) is 24.2 Å². The molecule has 92 valence electrons. The molecule has 0 heterocycles. The molecule has 0 bridgehead atoms. The predicted molar refractivity (Wildman–Crippen MR) is 65.6 cm³/mol. The molecule has 1 atom stereocenters. The van der Waals surface area contributed by atoms with E-state index in [-0.39, 0.29) is 12.2 Å². The molecule has 0 saturated heterocycles. The zero-order valence-electron chi connectivity index (χ0n) is 9.85. The quantitative estimate of drug-likeness (QED) is 0.811. The number of benzene rings is 1. The smallest absolute Gasteiger partial charge is 0.181 e. The second-order valence-corrected chi connectivity index (χ2v) is 6.76. The van der Waals surface area contributed by atoms with Crippen molar-refractivity contribution in [2.24, 2.45) is 0 Å². The molecule has 1 fully saturated rings. The van der Waals surface area contributed by atoms with E-state index < -0.39 is 15.1 Å². The average molecular weight is 252 g/mol. The molecule has 0 aliphatic heterocycles. The molecule has 0 radical (unpaired) electrons. The van der Waals surface area contributed by atoms with Crippen LogP contribution >= 0.6 is 0 Å². The van der Waals surface area contributed by atoms with Gasteiger partial charge in [0.1, 0.15) is 5.78 Å². The molecule has 0 N–H and O–H groups in total. The first-order valence-corrected chi connectivity index (χ1v) is 7.37. The van der Waals surface area contributed by atoms with Gasteiger partial charge in [0.05, 0.1) is 10.1 Å². The lowest BCUT2D eigenvalue weighted by Gasteiger charge is -2.21. The Kier molecular flexibility index (Phi) is 3.33. The van der Waals surface area contributed by atoms with E-state index in [1.807, 2.05) is 6.07 Å². The normalized spacial score (nSPS) is 21.5. The summed E-state index contributed by atoms with van der Waals surface area (Å²) in [4.78, 5) is 11.7. The van der Waals surface area contributed by atoms with Crippen LogP contribution in [0.1, 0.15) is 31.2 Å². The fraction of sp³-hybridized carbons (Fsp3) is 0.462. The minimum Gasteiger partial charge on any atom is -0.300 e. The molecule has 1 aromatic carbocycles. The second kappa shape index (κ2) is 4.61. The minimum absolute atomic E-state index is 0.0680. The Morgan fingerprint density at radius 2 is 1.94 bits per heavy atom. The maximum atomic E-state index is 12.4. The molecule has 0 amide bonds. The van der Waals surface area contributed by atoms with Crippen LogP contribution in [0.3, 0.4) is 0 Å². The van der Waals surface area contributed by atoms with Crippen molar-refractivity contribution in [2.45, 2.75) is 42.8 Å². The van der Waals surface area contributed by atoms with E-state index in [0.717, 1.165) is 5.56 Å². The standard InChI is InChI=1S/C13H16O3S/c1-10-5-2-3-8-13(10)17(15,16)12-7-4-6-11(14)9-12/h2-3,5,8,12H,4,6-7,9H2,1H3. The van der Waals surface area contributed by atoms with E-state index in [4.69, 9.17) is 0 Å². The number of Topliss-reactive ketones (excluding diaryl/α,β-unsaturated/α-hetero) is 1. The van der Waals surface area contributed by atoms with E-state index >= 15 is 0 Å². The van der Waals surface area contributed by atoms with Crippen LogP contribution in [-0.4, -0.2) is 19.5 Å². The van der Waals surface area contributed by atoms with Gasteiger partial charge in [0.2, 0.25) is 0 Å². The Morgan fingerprint density at radius 1 is 1.24 bits per heavy atom. The van der Waals surface area contributed by atoms with Crippen LogP contribution < -0.4 is 0 Å². The van der Waals surface area contributed by atoms with Crippen LogP contribution in [-0.2, 0) is 14.6 Å². The third-order valence-electron chi connectivity index (χ3n) is 3.28. The number of rotatable bonds is 2. The summed E-state index contributed by atoms with van der Waals surface area (Å²) in [6.07, 6.45) is 1.99. The van der Waals surface area contributed by atoms with Crippen LogP contribution in [0.2, 0.25) is 0 Å². The second-order valence-electron chi connectivity index (χ2n) is 4.57. The Balaban J connectivity index is 2.36. The van der Waals surface area contributed by atoms with Gasteiger partial charge < -0.3 is 0 Å². The predicted octanol–water partition coefficient (Wildman–Crippen LogP) is 2.28. The van der Waals surface area contributed by atoms with Crippen molar-refractivity contribution in [3.8, 4) is 0 Å². The Labute approximate surface area is 102 Å². The van der Waals surface area contributed by atoms with Crippen molar-refractivity contribution < 1.29 is 13.2 Å². The van der Waals surface area contributed by atoms with E-state index in [1.165, 1.54) is 0 Å². The molecular formula is C13H16O3S. The maximum Gasteiger partial charge on any atom is 0.181 e. The SMILES string of the molecule is Cc1ccccc1S(=O)(=O)C1CCCC(=O)C1. The van der Waals surface area contributed by atoms with Gasteiger partial charge >= 0.3 is 0 Å². The number of sulfone groups is 1. The molecule has 2 rings (SSSR count). The third kappa shape index (κ3) is 2.41. The number of aryl methyl sites for hydroxylation is 1. The van der Waals surface area contributed by atoms with E-state index in [9.17, 15) is 13.2 Å². The molecule has 1 aliphatic carbocycles. The highest BCUT2D eigenvalue weighted by Crippen LogP contribution is 2.28. The summed E-state index contributed by atoms with van der Waals surface area (Å²) >= 11 is 0. The monoisotopic (exact) mass is 252 g/mol. The van der Waals surface area contributed by atoms with Crippen molar-refractivity contribution in [3.05, 3.63) is 29.8 Å². The highest BCUT2D eigenvalue weighted by Gasteiger charge is 2.32. The summed E-state index contributed by atoms with van der Waals surface area (Å²) in [5.41, 5.74) is 0.755. The molecule has 1 unspecified atom stereocenters. The zero-order chi connectivity index (χ0) is 12.5. The van der Waals surface area contributed by atoms with Gasteiger partial charge in [0, 0.05) is 12.8 Å². The number of carbonyl (C=O) groups excluding carboxylic acids is 1. The molecule has 0 aromatic heterocycles. The summed E-state index contributed by atoms with van der Waals surface area (Å²) in [7, 11) is -3.35. The van der Waals surface area contributed by atoms with Crippen molar-refractivity contribution in [2.75, 3.05) is 0 Å². The number of hydrogen-bond acceptors (Lipinski definition) is 3. The van der Waals surface area contributed by atoms with Crippen molar-refractivity contribution in [1.29, 1.82) is 0 Å². The summed E-state index contributed by atoms with van der Waals surface area (Å²) < 4.78 is 24.8. The van der Waals surface area contributed by atoms with Crippen LogP contribution in [0, 0.1) is 6.92 Å². The first-order valence-electron chi connectivity index (χ1n) is 5.83. The Bertz CT molecular complexity index is 531. The van der Waals surface area contributed by atoms with Crippen molar-refractivity contribution in [1.82, 2.24) is 0 Å². The van der Waals surface area contributed by atoms with Gasteiger partial charge in [-0.3, -0.25) is 4.79 Å². The number of ketones is 1. The fourth-order valence-electron chi connectivity index (χ4n) is 2.31. The summed E-state index contributed by atoms with van der Waals surface area (Å²) in [6, 6.07) is 6.96. The van der Waals surface area contributed by atoms with E-state index in [2.05, 4.69) is 0 Å². The van der Waals surface area contributed by atoms with Crippen molar-refractivity contribution in [3.63, 3.8) is 0 Å². The lowest BCUT2D eigenvalue weighted by Crippen LogP contribution is -2.28. The van der Waals surface area contributed by atoms with Crippen LogP contribution in [0.4, 0.5) is 0 Å². The maximum absolute atomic E-state index is 12.4. The third-order valence-corrected chi connectivity index (χ3v) is 5.63. The van der Waals surface area contributed by atoms with Crippen LogP contribution in [0.25, 0.3) is 0 Å². The van der Waals surface area contributed by atoms with Crippen LogP contribution in [0.5, 0.6) is 0 Å². The molecule has 3 nitrogen and oxygen atoms in total. The van der Waals surface area contributed by atoms with Crippen molar-refractivity contribution >= 4 is 15.6 Å². The Hall–Kier alpha value is -1.16. The summed E-state index contributed by atoms with van der Waals surface area (Å²) in [6.45, 7) is 1.79. The first kappa shape index (κ1) is 12.3. The summed E-state index contributed by atoms with van der Waals surface area (Å²) in [5, 5.41) is -0.523. The van der Waals surface area contributed by atoms with Gasteiger partial charge in [-0.25, -0.2) is 8.42 Å². The molecule has 17 heavy (non-hydrogen) atoms. The summed E-state index contributed by atoms with van der Waals surface area (Å²) in [5.74, 6) is 0.0680. The fourth-order valence-corrected chi connectivity index (χ4v) is 4.33. The lowest BCUT2D eigenvalue weighted by molar-refractivity contribution is -0.120. The van der Waals surface area contributed by atoms with Gasteiger partial charge in [0.15, 0.2) is 9.84 Å². The van der Waals surface area contributed by atoms with Gasteiger partial charge in [-0.05, 0) is 31.4 Å². The first-order chi connectivity index (χ1) is 8.01. The Morgan fingerprint density at radius 3 is 2.59 bits per heavy atom. The highest BCUT2D eigenvalue weighted by molar-refractivity contribution is 7.92. The molecule has 1 saturated carbocycles. The molecular weight excluding hydrogens is 236 g/mol. The van der Waals surface area contributed by atoms with Gasteiger partial charge in [-0.15, -0.1) is 0 Å². The molecule has 1 aromatic rings. The number of hydrogen-bond donors (Lipinski definition) is 0.